The minimum Gasteiger partial charge on any atom is -0.465 e. The molecule has 1 aromatic carbocycles. The summed E-state index contributed by atoms with van der Waals surface area (Å²) in [5.74, 6) is 0. The van der Waals surface area contributed by atoms with Crippen molar-refractivity contribution in [3.8, 4) is 0 Å². The summed E-state index contributed by atoms with van der Waals surface area (Å²) in [5.41, 5.74) is 6.15. The SMILES string of the molecule is Cc1ccc(Cl)cc1CC=O.NC(=O)O. The van der Waals surface area contributed by atoms with E-state index in [0.717, 1.165) is 17.4 Å². The Morgan fingerprint density at radius 3 is 2.60 bits per heavy atom. The smallest absolute Gasteiger partial charge is 0.402 e. The topological polar surface area (TPSA) is 80.4 Å². The zero-order valence-corrected chi connectivity index (χ0v) is 8.99. The molecule has 0 aliphatic rings. The van der Waals surface area contributed by atoms with Crippen LogP contribution >= 0.6 is 11.6 Å². The summed E-state index contributed by atoms with van der Waals surface area (Å²) in [7, 11) is 0. The van der Waals surface area contributed by atoms with Crippen LogP contribution in [0.3, 0.4) is 0 Å². The van der Waals surface area contributed by atoms with Crippen molar-refractivity contribution in [2.24, 2.45) is 5.73 Å². The van der Waals surface area contributed by atoms with E-state index in [1.807, 2.05) is 25.1 Å². The summed E-state index contributed by atoms with van der Waals surface area (Å²) >= 11 is 5.74. The van der Waals surface area contributed by atoms with Gasteiger partial charge in [-0.3, -0.25) is 0 Å². The van der Waals surface area contributed by atoms with Crippen LogP contribution in [0.2, 0.25) is 5.02 Å². The lowest BCUT2D eigenvalue weighted by molar-refractivity contribution is -0.107. The predicted octanol–water partition coefficient (Wildman–Crippen LogP) is 2.01. The fourth-order valence-corrected chi connectivity index (χ4v) is 1.14. The quantitative estimate of drug-likeness (QED) is 0.762. The van der Waals surface area contributed by atoms with Crippen molar-refractivity contribution in [3.63, 3.8) is 0 Å². The van der Waals surface area contributed by atoms with Crippen molar-refractivity contribution >= 4 is 24.0 Å². The summed E-state index contributed by atoms with van der Waals surface area (Å²) in [5, 5.41) is 7.88. The van der Waals surface area contributed by atoms with Gasteiger partial charge in [0.05, 0.1) is 0 Å². The summed E-state index contributed by atoms with van der Waals surface area (Å²) in [6.07, 6.45) is 0.00502. The second-order valence-corrected chi connectivity index (χ2v) is 3.22. The highest BCUT2D eigenvalue weighted by Crippen LogP contribution is 2.14. The fourth-order valence-electron chi connectivity index (χ4n) is 0.950. The Labute approximate surface area is 92.7 Å². The molecule has 0 aromatic heterocycles. The molecule has 0 aliphatic heterocycles. The molecule has 0 saturated heterocycles. The van der Waals surface area contributed by atoms with Crippen LogP contribution in [0.5, 0.6) is 0 Å². The third kappa shape index (κ3) is 6.51. The Bertz CT molecular complexity index is 349. The molecule has 15 heavy (non-hydrogen) atoms. The molecule has 1 aromatic rings. The van der Waals surface area contributed by atoms with Gasteiger partial charge in [-0.15, -0.1) is 0 Å². The molecule has 0 fully saturated rings. The zero-order valence-electron chi connectivity index (χ0n) is 8.24. The van der Waals surface area contributed by atoms with Gasteiger partial charge in [-0.05, 0) is 30.2 Å². The van der Waals surface area contributed by atoms with Gasteiger partial charge in [0.2, 0.25) is 0 Å². The summed E-state index contributed by atoms with van der Waals surface area (Å²) in [4.78, 5) is 19.0. The van der Waals surface area contributed by atoms with Crippen LogP contribution in [0.4, 0.5) is 4.79 Å². The Hall–Kier alpha value is -1.55. The largest absolute Gasteiger partial charge is 0.465 e. The van der Waals surface area contributed by atoms with E-state index >= 15 is 0 Å². The van der Waals surface area contributed by atoms with Gasteiger partial charge in [-0.25, -0.2) is 4.79 Å². The first-order valence-electron chi connectivity index (χ1n) is 4.14. The molecule has 1 rings (SSSR count). The molecule has 0 aliphatic carbocycles. The third-order valence-electron chi connectivity index (χ3n) is 1.61. The van der Waals surface area contributed by atoms with Crippen LogP contribution in [0, 0.1) is 6.92 Å². The van der Waals surface area contributed by atoms with Crippen molar-refractivity contribution in [2.45, 2.75) is 13.3 Å². The lowest BCUT2D eigenvalue weighted by Gasteiger charge is -2.00. The minimum absolute atomic E-state index is 0.451. The summed E-state index contributed by atoms with van der Waals surface area (Å²) in [6.45, 7) is 1.97. The number of aryl methyl sites for hydroxylation is 1. The van der Waals surface area contributed by atoms with Gasteiger partial charge in [-0.2, -0.15) is 0 Å². The third-order valence-corrected chi connectivity index (χ3v) is 1.85. The number of hydrogen-bond donors (Lipinski definition) is 2. The fraction of sp³-hybridized carbons (Fsp3) is 0.200. The molecular formula is C10H12ClNO3. The molecule has 3 N–H and O–H groups in total. The summed E-state index contributed by atoms with van der Waals surface area (Å²) in [6, 6.07) is 5.57. The van der Waals surface area contributed by atoms with E-state index in [4.69, 9.17) is 21.5 Å². The molecular weight excluding hydrogens is 218 g/mol. The molecule has 82 valence electrons. The van der Waals surface area contributed by atoms with Crippen molar-refractivity contribution in [2.75, 3.05) is 0 Å². The zero-order chi connectivity index (χ0) is 11.8. The van der Waals surface area contributed by atoms with Gasteiger partial charge in [0, 0.05) is 11.4 Å². The molecule has 0 radical (unpaired) electrons. The van der Waals surface area contributed by atoms with E-state index in [0.29, 0.717) is 11.4 Å². The highest BCUT2D eigenvalue weighted by atomic mass is 35.5. The Balaban J connectivity index is 0.000000423. The maximum Gasteiger partial charge on any atom is 0.402 e. The number of nitrogens with two attached hydrogens (primary N) is 1. The first kappa shape index (κ1) is 13.4. The van der Waals surface area contributed by atoms with Crippen molar-refractivity contribution < 1.29 is 14.7 Å². The van der Waals surface area contributed by atoms with Gasteiger partial charge in [0.25, 0.3) is 0 Å². The second-order valence-electron chi connectivity index (χ2n) is 2.78. The highest BCUT2D eigenvalue weighted by molar-refractivity contribution is 6.30. The van der Waals surface area contributed by atoms with Crippen molar-refractivity contribution in [1.29, 1.82) is 0 Å². The van der Waals surface area contributed by atoms with E-state index in [2.05, 4.69) is 5.73 Å². The van der Waals surface area contributed by atoms with Gasteiger partial charge < -0.3 is 15.6 Å². The number of carbonyl (C=O) groups is 2. The molecule has 4 nitrogen and oxygen atoms in total. The predicted molar refractivity (Wildman–Crippen MR) is 58.2 cm³/mol. The van der Waals surface area contributed by atoms with Crippen LogP contribution in [0.1, 0.15) is 11.1 Å². The van der Waals surface area contributed by atoms with Gasteiger partial charge in [0.15, 0.2) is 0 Å². The van der Waals surface area contributed by atoms with E-state index in [1.54, 1.807) is 0 Å². The van der Waals surface area contributed by atoms with Crippen molar-refractivity contribution in [1.82, 2.24) is 0 Å². The molecule has 0 atom stereocenters. The number of carbonyl (C=O) groups excluding carboxylic acids is 1. The van der Waals surface area contributed by atoms with Gasteiger partial charge in [-0.1, -0.05) is 17.7 Å². The minimum atomic E-state index is -1.33. The molecule has 5 heteroatoms. The molecule has 0 bridgehead atoms. The molecule has 0 saturated carbocycles. The normalized spacial score (nSPS) is 8.67. The Morgan fingerprint density at radius 2 is 2.13 bits per heavy atom. The van der Waals surface area contributed by atoms with E-state index in [-0.39, 0.29) is 0 Å². The highest BCUT2D eigenvalue weighted by Gasteiger charge is 1.97. The van der Waals surface area contributed by atoms with E-state index < -0.39 is 6.09 Å². The average molecular weight is 230 g/mol. The molecule has 0 heterocycles. The average Bonchev–Trinajstić information content (AvgIpc) is 2.11. The number of hydrogen-bond acceptors (Lipinski definition) is 2. The molecule has 1 amide bonds. The maximum absolute atomic E-state index is 10.2. The van der Waals surface area contributed by atoms with Gasteiger partial charge in [0.1, 0.15) is 6.29 Å². The first-order valence-corrected chi connectivity index (χ1v) is 4.52. The standard InChI is InChI=1S/C9H9ClO.CH3NO2/c1-7-2-3-9(10)6-8(7)4-5-11;2-1(3)4/h2-3,5-6H,4H2,1H3;2H2,(H,3,4). The number of aldehydes is 1. The Kier molecular flexibility index (Phi) is 6.13. The van der Waals surface area contributed by atoms with E-state index in [9.17, 15) is 4.79 Å². The van der Waals surface area contributed by atoms with Crippen LogP contribution < -0.4 is 5.73 Å². The van der Waals surface area contributed by atoms with Crippen LogP contribution in [0.25, 0.3) is 0 Å². The summed E-state index contributed by atoms with van der Waals surface area (Å²) < 4.78 is 0. The van der Waals surface area contributed by atoms with E-state index in [1.165, 1.54) is 0 Å². The number of rotatable bonds is 2. The second kappa shape index (κ2) is 6.84. The van der Waals surface area contributed by atoms with Gasteiger partial charge >= 0.3 is 6.09 Å². The lowest BCUT2D eigenvalue weighted by Crippen LogP contribution is -2.03. The molecule has 0 spiro atoms. The number of benzene rings is 1. The Morgan fingerprint density at radius 1 is 1.60 bits per heavy atom. The monoisotopic (exact) mass is 229 g/mol. The lowest BCUT2D eigenvalue weighted by atomic mass is 10.1. The molecule has 0 unspecified atom stereocenters. The van der Waals surface area contributed by atoms with Crippen LogP contribution in [0.15, 0.2) is 18.2 Å². The van der Waals surface area contributed by atoms with Crippen molar-refractivity contribution in [3.05, 3.63) is 34.3 Å². The maximum atomic E-state index is 10.2. The number of halogens is 1. The number of primary amides is 1. The first-order chi connectivity index (χ1) is 6.97. The van der Waals surface area contributed by atoms with Crippen LogP contribution in [-0.4, -0.2) is 17.5 Å². The number of carboxylic acid groups (broad SMARTS) is 1. The number of amides is 1. The van der Waals surface area contributed by atoms with Crippen LogP contribution in [-0.2, 0) is 11.2 Å².